The van der Waals surface area contributed by atoms with Crippen LogP contribution in [0.4, 0.5) is 5.69 Å². The van der Waals surface area contributed by atoms with Gasteiger partial charge in [-0.05, 0) is 60.7 Å². The molecular formula is C25H23N5O4. The minimum atomic E-state index is -0.685. The Labute approximate surface area is 194 Å². The van der Waals surface area contributed by atoms with Gasteiger partial charge in [-0.25, -0.2) is 10.2 Å². The molecule has 34 heavy (non-hydrogen) atoms. The molecular weight excluding hydrogens is 434 g/mol. The molecule has 0 saturated heterocycles. The maximum Gasteiger partial charge on any atom is 0.274 e. The predicted octanol–water partition coefficient (Wildman–Crippen LogP) is 2.75. The van der Waals surface area contributed by atoms with Gasteiger partial charge in [0.15, 0.2) is 0 Å². The molecule has 0 aliphatic heterocycles. The lowest BCUT2D eigenvalue weighted by Crippen LogP contribution is -2.36. The lowest BCUT2D eigenvalue weighted by Gasteiger charge is -2.24. The summed E-state index contributed by atoms with van der Waals surface area (Å²) in [5.74, 6) is -0.621. The maximum atomic E-state index is 13.1. The maximum absolute atomic E-state index is 13.1. The largest absolute Gasteiger partial charge is 0.313 e. The Morgan fingerprint density at radius 2 is 1.94 bits per heavy atom. The quantitative estimate of drug-likeness (QED) is 0.328. The molecule has 9 nitrogen and oxygen atoms in total. The van der Waals surface area contributed by atoms with Crippen molar-refractivity contribution >= 4 is 28.3 Å². The summed E-state index contributed by atoms with van der Waals surface area (Å²) in [5.41, 5.74) is 3.09. The number of carbonyl (C=O) groups is 2. The highest BCUT2D eigenvalue weighted by molar-refractivity contribution is 5.98. The highest BCUT2D eigenvalue weighted by Crippen LogP contribution is 2.33. The predicted molar refractivity (Wildman–Crippen MR) is 126 cm³/mol. The molecule has 2 heterocycles. The minimum Gasteiger partial charge on any atom is -0.313 e. The van der Waals surface area contributed by atoms with Gasteiger partial charge in [0.05, 0.1) is 5.69 Å². The SMILES string of the molecule is O=C(NO)c1ccc2ccn(CCN(C(=O)C3CC3)c3cccc(-n4cccn4)c3)c(=O)c2c1. The first-order valence-electron chi connectivity index (χ1n) is 11.0. The third-order valence-corrected chi connectivity index (χ3v) is 6.01. The van der Waals surface area contributed by atoms with E-state index in [-0.39, 0.29) is 29.5 Å². The van der Waals surface area contributed by atoms with Crippen molar-refractivity contribution in [2.45, 2.75) is 19.4 Å². The van der Waals surface area contributed by atoms with Crippen LogP contribution in [0.2, 0.25) is 0 Å². The van der Waals surface area contributed by atoms with Crippen LogP contribution >= 0.6 is 0 Å². The number of pyridine rings is 1. The van der Waals surface area contributed by atoms with Gasteiger partial charge in [0.25, 0.3) is 11.5 Å². The molecule has 5 rings (SSSR count). The molecule has 4 aromatic rings. The first-order chi connectivity index (χ1) is 16.5. The molecule has 1 fully saturated rings. The number of benzene rings is 2. The number of anilines is 1. The molecule has 0 spiro atoms. The fourth-order valence-electron chi connectivity index (χ4n) is 4.01. The van der Waals surface area contributed by atoms with Crippen molar-refractivity contribution in [2.75, 3.05) is 11.4 Å². The second-order valence-corrected chi connectivity index (χ2v) is 8.29. The molecule has 1 aliphatic rings. The molecule has 1 aliphatic carbocycles. The monoisotopic (exact) mass is 457 g/mol. The number of aromatic nitrogens is 3. The first-order valence-corrected chi connectivity index (χ1v) is 11.0. The van der Waals surface area contributed by atoms with E-state index in [9.17, 15) is 14.4 Å². The number of rotatable bonds is 7. The van der Waals surface area contributed by atoms with Crippen LogP contribution < -0.4 is 15.9 Å². The van der Waals surface area contributed by atoms with E-state index in [2.05, 4.69) is 5.10 Å². The Morgan fingerprint density at radius 1 is 1.09 bits per heavy atom. The summed E-state index contributed by atoms with van der Waals surface area (Å²) in [4.78, 5) is 39.7. The molecule has 0 radical (unpaired) electrons. The molecule has 1 saturated carbocycles. The van der Waals surface area contributed by atoms with Crippen LogP contribution in [-0.2, 0) is 11.3 Å². The number of hydrogen-bond donors (Lipinski definition) is 2. The summed E-state index contributed by atoms with van der Waals surface area (Å²) in [6, 6.07) is 15.9. The number of amides is 2. The fraction of sp³-hybridized carbons (Fsp3) is 0.200. The van der Waals surface area contributed by atoms with Gasteiger partial charge in [-0.3, -0.25) is 19.6 Å². The van der Waals surface area contributed by atoms with Crippen LogP contribution in [-0.4, -0.2) is 37.9 Å². The van der Waals surface area contributed by atoms with Gasteiger partial charge in [-0.2, -0.15) is 5.10 Å². The molecule has 0 bridgehead atoms. The van der Waals surface area contributed by atoms with Gasteiger partial charge in [0.1, 0.15) is 0 Å². The summed E-state index contributed by atoms with van der Waals surface area (Å²) in [7, 11) is 0. The molecule has 0 atom stereocenters. The Balaban J connectivity index is 1.44. The average molecular weight is 457 g/mol. The van der Waals surface area contributed by atoms with Crippen molar-refractivity contribution in [3.8, 4) is 5.69 Å². The second-order valence-electron chi connectivity index (χ2n) is 8.29. The van der Waals surface area contributed by atoms with Crippen LogP contribution in [0.15, 0.2) is 78.0 Å². The van der Waals surface area contributed by atoms with Crippen LogP contribution in [0.3, 0.4) is 0 Å². The van der Waals surface area contributed by atoms with Crippen LogP contribution in [0.25, 0.3) is 16.5 Å². The Hall–Kier alpha value is -4.24. The van der Waals surface area contributed by atoms with Crippen molar-refractivity contribution in [1.82, 2.24) is 19.8 Å². The average Bonchev–Trinajstić information content (AvgIpc) is 3.58. The number of fused-ring (bicyclic) bond motifs is 1. The number of hydrogen-bond acceptors (Lipinski definition) is 5. The van der Waals surface area contributed by atoms with E-state index in [1.807, 2.05) is 36.5 Å². The number of hydroxylamine groups is 1. The summed E-state index contributed by atoms with van der Waals surface area (Å²) in [6.45, 7) is 0.607. The van der Waals surface area contributed by atoms with Crippen molar-refractivity contribution in [1.29, 1.82) is 0 Å². The number of nitrogens with one attached hydrogen (secondary N) is 1. The van der Waals surface area contributed by atoms with Crippen molar-refractivity contribution < 1.29 is 14.8 Å². The molecule has 2 aromatic heterocycles. The smallest absolute Gasteiger partial charge is 0.274 e. The number of carbonyl (C=O) groups excluding carboxylic acids is 2. The van der Waals surface area contributed by atoms with E-state index in [1.54, 1.807) is 45.7 Å². The van der Waals surface area contributed by atoms with E-state index >= 15 is 0 Å². The van der Waals surface area contributed by atoms with E-state index in [0.717, 1.165) is 24.2 Å². The van der Waals surface area contributed by atoms with Gasteiger partial charge in [-0.1, -0.05) is 12.1 Å². The Morgan fingerprint density at radius 3 is 2.68 bits per heavy atom. The Bertz CT molecular complexity index is 1420. The van der Waals surface area contributed by atoms with Gasteiger partial charge in [-0.15, -0.1) is 0 Å². The third-order valence-electron chi connectivity index (χ3n) is 6.01. The molecule has 172 valence electrons. The summed E-state index contributed by atoms with van der Waals surface area (Å²) < 4.78 is 3.27. The van der Waals surface area contributed by atoms with E-state index in [4.69, 9.17) is 5.21 Å². The summed E-state index contributed by atoms with van der Waals surface area (Å²) >= 11 is 0. The first kappa shape index (κ1) is 21.6. The highest BCUT2D eigenvalue weighted by Gasteiger charge is 2.34. The number of nitrogens with zero attached hydrogens (tertiary/aromatic N) is 4. The third kappa shape index (κ3) is 4.20. The fourth-order valence-corrected chi connectivity index (χ4v) is 4.01. The second kappa shape index (κ2) is 8.95. The van der Waals surface area contributed by atoms with Crippen molar-refractivity contribution in [3.63, 3.8) is 0 Å². The normalized spacial score (nSPS) is 13.1. The Kier molecular flexibility index (Phi) is 5.69. The minimum absolute atomic E-state index is 0.0150. The van der Waals surface area contributed by atoms with Gasteiger partial charge >= 0.3 is 0 Å². The standard InChI is InChI=1S/C25H23N5O4/c31-23(27-34)19-8-5-17-9-12-28(25(33)22(17)15-19)13-14-29(24(32)18-6-7-18)20-3-1-4-21(16-20)30-11-2-10-26-30/h1-5,8-12,15-16,18,34H,6-7,13-14H2,(H,27,31). The van der Waals surface area contributed by atoms with E-state index in [0.29, 0.717) is 17.3 Å². The molecule has 9 heteroatoms. The van der Waals surface area contributed by atoms with Crippen LogP contribution in [0, 0.1) is 5.92 Å². The zero-order valence-corrected chi connectivity index (χ0v) is 18.3. The molecule has 2 aromatic carbocycles. The summed E-state index contributed by atoms with van der Waals surface area (Å²) in [5, 5.41) is 14.2. The molecule has 2 N–H and O–H groups in total. The van der Waals surface area contributed by atoms with Gasteiger partial charge in [0.2, 0.25) is 5.91 Å². The lowest BCUT2D eigenvalue weighted by atomic mass is 10.1. The van der Waals surface area contributed by atoms with Gasteiger partial charge < -0.3 is 9.47 Å². The molecule has 2 amide bonds. The van der Waals surface area contributed by atoms with E-state index in [1.165, 1.54) is 10.6 Å². The van der Waals surface area contributed by atoms with Gasteiger partial charge in [0, 0.05) is 54.2 Å². The zero-order chi connectivity index (χ0) is 23.7. The van der Waals surface area contributed by atoms with E-state index < -0.39 is 5.91 Å². The zero-order valence-electron chi connectivity index (χ0n) is 18.3. The topological polar surface area (TPSA) is 109 Å². The van der Waals surface area contributed by atoms with Crippen molar-refractivity contribution in [3.05, 3.63) is 89.1 Å². The van der Waals surface area contributed by atoms with Crippen LogP contribution in [0.5, 0.6) is 0 Å². The lowest BCUT2D eigenvalue weighted by molar-refractivity contribution is -0.119. The molecule has 0 unspecified atom stereocenters. The van der Waals surface area contributed by atoms with Crippen molar-refractivity contribution in [2.24, 2.45) is 5.92 Å². The highest BCUT2D eigenvalue weighted by atomic mass is 16.5. The summed E-state index contributed by atoms with van der Waals surface area (Å²) in [6.07, 6.45) is 6.98. The van der Waals surface area contributed by atoms with Crippen LogP contribution in [0.1, 0.15) is 23.2 Å².